The van der Waals surface area contributed by atoms with Crippen LogP contribution in [0.5, 0.6) is 0 Å². The number of H-pyrrole nitrogens is 1. The summed E-state index contributed by atoms with van der Waals surface area (Å²) in [5.74, 6) is 0.288. The van der Waals surface area contributed by atoms with Crippen LogP contribution in [-0.2, 0) is 12.8 Å². The van der Waals surface area contributed by atoms with Gasteiger partial charge in [-0.15, -0.1) is 0 Å². The van der Waals surface area contributed by atoms with E-state index in [2.05, 4.69) is 50.2 Å². The van der Waals surface area contributed by atoms with Crippen LogP contribution in [0.3, 0.4) is 0 Å². The molecule has 3 N–H and O–H groups in total. The third kappa shape index (κ3) is 2.64. The van der Waals surface area contributed by atoms with Gasteiger partial charge in [0.15, 0.2) is 0 Å². The number of hydrazone groups is 1. The summed E-state index contributed by atoms with van der Waals surface area (Å²) in [5.41, 5.74) is 13.5. The minimum absolute atomic E-state index is 0.238. The van der Waals surface area contributed by atoms with Crippen LogP contribution in [0, 0.1) is 6.92 Å². The van der Waals surface area contributed by atoms with Crippen LogP contribution >= 0.6 is 0 Å². The number of rotatable bonds is 2. The second-order valence-corrected chi connectivity index (χ2v) is 8.54. The Morgan fingerprint density at radius 3 is 2.69 bits per heavy atom. The summed E-state index contributed by atoms with van der Waals surface area (Å²) in [7, 11) is 0. The van der Waals surface area contributed by atoms with Gasteiger partial charge in [0.25, 0.3) is 0 Å². The van der Waals surface area contributed by atoms with Crippen molar-refractivity contribution in [3.63, 3.8) is 0 Å². The van der Waals surface area contributed by atoms with Crippen LogP contribution in [-0.4, -0.2) is 58.5 Å². The number of aromatic amines is 1. The van der Waals surface area contributed by atoms with E-state index in [4.69, 9.17) is 4.98 Å². The van der Waals surface area contributed by atoms with E-state index in [1.54, 1.807) is 0 Å². The van der Waals surface area contributed by atoms with E-state index in [1.165, 1.54) is 40.9 Å². The summed E-state index contributed by atoms with van der Waals surface area (Å²) in [6.45, 7) is 6.16. The maximum Gasteiger partial charge on any atom is 0.0910 e. The smallest absolute Gasteiger partial charge is 0.0910 e. The molecule has 2 unspecified atom stereocenters. The van der Waals surface area contributed by atoms with Gasteiger partial charge in [-0.1, -0.05) is 0 Å². The Labute approximate surface area is 170 Å². The molecule has 2 aliphatic heterocycles. The molecule has 6 rings (SSSR count). The van der Waals surface area contributed by atoms with Crippen molar-refractivity contribution < 1.29 is 0 Å². The van der Waals surface area contributed by atoms with Gasteiger partial charge in [0.2, 0.25) is 0 Å². The fourth-order valence-electron chi connectivity index (χ4n) is 5.40. The quantitative estimate of drug-likeness (QED) is 0.732. The van der Waals surface area contributed by atoms with Crippen molar-refractivity contribution in [2.75, 3.05) is 26.2 Å². The highest BCUT2D eigenvalue weighted by Gasteiger charge is 2.38. The van der Waals surface area contributed by atoms with E-state index in [-0.39, 0.29) is 12.0 Å². The molecular weight excluding hydrogens is 362 g/mol. The first-order valence-electron chi connectivity index (χ1n) is 10.8. The van der Waals surface area contributed by atoms with E-state index in [9.17, 15) is 0 Å². The van der Waals surface area contributed by atoms with Gasteiger partial charge in [0.05, 0.1) is 29.3 Å². The highest BCUT2D eigenvalue weighted by atomic mass is 15.3. The van der Waals surface area contributed by atoms with Gasteiger partial charge < -0.3 is 15.6 Å². The summed E-state index contributed by atoms with van der Waals surface area (Å²) in [5, 5.41) is 15.3. The molecule has 0 spiro atoms. The monoisotopic (exact) mass is 389 g/mol. The van der Waals surface area contributed by atoms with Gasteiger partial charge in [-0.25, -0.2) is 4.98 Å². The molecule has 0 aromatic carbocycles. The number of nitrogens with one attached hydrogen (secondary N) is 3. The summed E-state index contributed by atoms with van der Waals surface area (Å²) in [4.78, 5) is 7.87. The molecule has 4 aliphatic rings. The zero-order valence-corrected chi connectivity index (χ0v) is 16.8. The van der Waals surface area contributed by atoms with Crippen LogP contribution in [0.1, 0.15) is 46.8 Å². The lowest BCUT2D eigenvalue weighted by molar-refractivity contribution is 0.336. The fraction of sp³-hybridized carbons (Fsp3) is 0.500. The first-order chi connectivity index (χ1) is 14.3. The SMILES string of the molecule is Cc1[nH]ncc1-c1nc2c(c3c1CCCC3)C1C=NNC1C=C2N1CCNCC1. The van der Waals surface area contributed by atoms with Crippen molar-refractivity contribution in [3.8, 4) is 11.3 Å². The van der Waals surface area contributed by atoms with Crippen molar-refractivity contribution in [2.45, 2.75) is 44.6 Å². The van der Waals surface area contributed by atoms with Gasteiger partial charge in [-0.05, 0) is 55.4 Å². The fourth-order valence-corrected chi connectivity index (χ4v) is 5.40. The Morgan fingerprint density at radius 2 is 1.90 bits per heavy atom. The molecule has 0 amide bonds. The van der Waals surface area contributed by atoms with Crippen LogP contribution in [0.15, 0.2) is 17.4 Å². The number of hydrogen-bond donors (Lipinski definition) is 3. The van der Waals surface area contributed by atoms with Crippen LogP contribution < -0.4 is 10.7 Å². The van der Waals surface area contributed by atoms with Crippen molar-refractivity contribution in [1.82, 2.24) is 30.8 Å². The third-order valence-electron chi connectivity index (χ3n) is 6.86. The van der Waals surface area contributed by atoms with Gasteiger partial charge in [0.1, 0.15) is 0 Å². The van der Waals surface area contributed by atoms with Crippen molar-refractivity contribution >= 4 is 11.9 Å². The molecular formula is C22H27N7. The van der Waals surface area contributed by atoms with Crippen molar-refractivity contribution in [3.05, 3.63) is 40.4 Å². The van der Waals surface area contributed by atoms with E-state index in [1.807, 2.05) is 6.20 Å². The lowest BCUT2D eigenvalue weighted by Crippen LogP contribution is -2.44. The molecule has 7 nitrogen and oxygen atoms in total. The molecule has 2 aromatic heterocycles. The molecule has 29 heavy (non-hydrogen) atoms. The highest BCUT2D eigenvalue weighted by Crippen LogP contribution is 2.44. The van der Waals surface area contributed by atoms with Crippen molar-refractivity contribution in [1.29, 1.82) is 0 Å². The second kappa shape index (κ2) is 6.69. The van der Waals surface area contributed by atoms with Crippen LogP contribution in [0.4, 0.5) is 0 Å². The van der Waals surface area contributed by atoms with Crippen LogP contribution in [0.25, 0.3) is 17.0 Å². The lowest BCUT2D eigenvalue weighted by atomic mass is 9.76. The molecule has 2 atom stereocenters. The van der Waals surface area contributed by atoms with E-state index >= 15 is 0 Å². The van der Waals surface area contributed by atoms with E-state index < -0.39 is 0 Å². The van der Waals surface area contributed by atoms with Gasteiger partial charge in [-0.3, -0.25) is 5.10 Å². The molecule has 1 saturated heterocycles. The number of fused-ring (bicyclic) bond motifs is 5. The zero-order chi connectivity index (χ0) is 19.4. The summed E-state index contributed by atoms with van der Waals surface area (Å²) in [6, 6.07) is 0.238. The first-order valence-corrected chi connectivity index (χ1v) is 10.8. The molecule has 7 heteroatoms. The minimum atomic E-state index is 0.238. The molecule has 2 aromatic rings. The number of hydrogen-bond acceptors (Lipinski definition) is 6. The number of aromatic nitrogens is 3. The average Bonchev–Trinajstić information content (AvgIpc) is 3.41. The number of pyridine rings is 1. The molecule has 1 fully saturated rings. The molecule has 0 saturated carbocycles. The maximum absolute atomic E-state index is 5.37. The Balaban J connectivity index is 1.60. The second-order valence-electron chi connectivity index (χ2n) is 8.54. The number of nitrogens with zero attached hydrogens (tertiary/aromatic N) is 4. The van der Waals surface area contributed by atoms with Gasteiger partial charge >= 0.3 is 0 Å². The summed E-state index contributed by atoms with van der Waals surface area (Å²) in [6.07, 6.45) is 11.1. The lowest BCUT2D eigenvalue weighted by Gasteiger charge is -2.38. The summed E-state index contributed by atoms with van der Waals surface area (Å²) >= 11 is 0. The predicted octanol–water partition coefficient (Wildman–Crippen LogP) is 1.96. The molecule has 4 heterocycles. The van der Waals surface area contributed by atoms with E-state index in [0.717, 1.165) is 56.0 Å². The summed E-state index contributed by atoms with van der Waals surface area (Å²) < 4.78 is 0. The average molecular weight is 390 g/mol. The normalized spacial score (nSPS) is 25.1. The van der Waals surface area contributed by atoms with E-state index in [0.29, 0.717) is 0 Å². The maximum atomic E-state index is 5.37. The van der Waals surface area contributed by atoms with Crippen molar-refractivity contribution in [2.24, 2.45) is 5.10 Å². The molecule has 2 aliphatic carbocycles. The number of piperazine rings is 1. The van der Waals surface area contributed by atoms with Gasteiger partial charge in [-0.2, -0.15) is 10.2 Å². The highest BCUT2D eigenvalue weighted by molar-refractivity contribution is 5.84. The minimum Gasteiger partial charge on any atom is -0.367 e. The number of aryl methyl sites for hydroxylation is 1. The standard InChI is InChI=1S/C22H27N7/c1-13-16(11-24-27-13)21-15-5-3-2-4-14(15)20-17-12-25-28-18(17)10-19(22(20)26-21)29-8-6-23-7-9-29/h10-12,17-18,23,28H,2-9H2,1H3,(H,24,27). The third-order valence-corrected chi connectivity index (χ3v) is 6.86. The Kier molecular flexibility index (Phi) is 3.97. The zero-order valence-electron chi connectivity index (χ0n) is 16.8. The molecule has 0 radical (unpaired) electrons. The van der Waals surface area contributed by atoms with Crippen LogP contribution in [0.2, 0.25) is 0 Å². The van der Waals surface area contributed by atoms with Gasteiger partial charge in [0, 0.05) is 49.6 Å². The Bertz CT molecular complexity index is 1010. The largest absolute Gasteiger partial charge is 0.367 e. The first kappa shape index (κ1) is 17.2. The molecule has 150 valence electrons. The molecule has 0 bridgehead atoms. The Morgan fingerprint density at radius 1 is 1.07 bits per heavy atom. The topological polar surface area (TPSA) is 81.2 Å². The predicted molar refractivity (Wildman–Crippen MR) is 114 cm³/mol. The Hall–Kier alpha value is -2.67.